The van der Waals surface area contributed by atoms with Gasteiger partial charge in [0.05, 0.1) is 0 Å². The molecule has 118 valence electrons. The highest BCUT2D eigenvalue weighted by Gasteiger charge is 2.23. The van der Waals surface area contributed by atoms with E-state index in [2.05, 4.69) is 31.9 Å². The van der Waals surface area contributed by atoms with E-state index in [1.165, 1.54) is 0 Å². The van der Waals surface area contributed by atoms with E-state index in [1.54, 1.807) is 36.4 Å². The monoisotopic (exact) mass is 442 g/mol. The van der Waals surface area contributed by atoms with Crippen LogP contribution in [-0.4, -0.2) is 11.6 Å². The molecule has 0 saturated heterocycles. The van der Waals surface area contributed by atoms with Crippen molar-refractivity contribution < 1.29 is 9.59 Å². The van der Waals surface area contributed by atoms with Gasteiger partial charge < -0.3 is 0 Å². The van der Waals surface area contributed by atoms with Crippen molar-refractivity contribution in [3.05, 3.63) is 92.9 Å². The van der Waals surface area contributed by atoms with E-state index in [9.17, 15) is 9.59 Å². The molecule has 0 aromatic heterocycles. The van der Waals surface area contributed by atoms with E-state index in [0.29, 0.717) is 20.1 Å². The van der Waals surface area contributed by atoms with E-state index in [0.717, 1.165) is 11.1 Å². The van der Waals surface area contributed by atoms with Crippen LogP contribution in [0.5, 0.6) is 0 Å². The normalized spacial score (nSPS) is 10.4. The summed E-state index contributed by atoms with van der Waals surface area (Å²) in [5.74, 6) is -1.07. The van der Waals surface area contributed by atoms with Crippen LogP contribution >= 0.6 is 31.9 Å². The number of hydrogen-bond acceptors (Lipinski definition) is 2. The fourth-order valence-electron chi connectivity index (χ4n) is 2.44. The van der Waals surface area contributed by atoms with E-state index < -0.39 is 11.6 Å². The van der Waals surface area contributed by atoms with E-state index in [1.807, 2.05) is 36.4 Å². The Morgan fingerprint density at radius 1 is 0.625 bits per heavy atom. The van der Waals surface area contributed by atoms with Crippen LogP contribution in [-0.2, 0) is 0 Å². The van der Waals surface area contributed by atoms with Crippen molar-refractivity contribution in [2.24, 2.45) is 0 Å². The van der Waals surface area contributed by atoms with Gasteiger partial charge >= 0.3 is 0 Å². The van der Waals surface area contributed by atoms with Gasteiger partial charge in [-0.2, -0.15) is 0 Å². The highest BCUT2D eigenvalue weighted by atomic mass is 79.9. The van der Waals surface area contributed by atoms with Crippen LogP contribution in [0.3, 0.4) is 0 Å². The first kappa shape index (κ1) is 16.8. The number of rotatable bonds is 4. The van der Waals surface area contributed by atoms with Crippen molar-refractivity contribution in [1.82, 2.24) is 0 Å². The van der Waals surface area contributed by atoms with Gasteiger partial charge in [-0.15, -0.1) is 0 Å². The number of ketones is 2. The molecule has 0 bridgehead atoms. The molecule has 24 heavy (non-hydrogen) atoms. The standard InChI is InChI=1S/C20H12Br2O2/c21-17-12-5-4-9-15(17)19(23)20(24)16-11-6-10-14(18(16)22)13-7-2-1-3-8-13/h1-12H. The predicted molar refractivity (Wildman–Crippen MR) is 102 cm³/mol. The summed E-state index contributed by atoms with van der Waals surface area (Å²) in [5, 5.41) is 0. The highest BCUT2D eigenvalue weighted by Crippen LogP contribution is 2.32. The number of halogens is 2. The van der Waals surface area contributed by atoms with Gasteiger partial charge in [0.2, 0.25) is 11.6 Å². The van der Waals surface area contributed by atoms with E-state index in [-0.39, 0.29) is 0 Å². The molecule has 0 atom stereocenters. The summed E-state index contributed by atoms with van der Waals surface area (Å²) in [6, 6.07) is 22.0. The van der Waals surface area contributed by atoms with Crippen LogP contribution in [0, 0.1) is 0 Å². The van der Waals surface area contributed by atoms with Gasteiger partial charge in [-0.3, -0.25) is 9.59 Å². The zero-order valence-corrected chi connectivity index (χ0v) is 15.7. The summed E-state index contributed by atoms with van der Waals surface area (Å²) >= 11 is 6.82. The lowest BCUT2D eigenvalue weighted by Gasteiger charge is -2.09. The maximum absolute atomic E-state index is 12.7. The Morgan fingerprint density at radius 2 is 1.21 bits per heavy atom. The Bertz CT molecular complexity index is 918. The summed E-state index contributed by atoms with van der Waals surface area (Å²) in [5.41, 5.74) is 2.57. The Hall–Kier alpha value is -2.04. The van der Waals surface area contributed by atoms with Crippen LogP contribution < -0.4 is 0 Å². The Morgan fingerprint density at radius 3 is 1.92 bits per heavy atom. The predicted octanol–water partition coefficient (Wildman–Crippen LogP) is 5.94. The molecule has 0 radical (unpaired) electrons. The molecule has 2 nitrogen and oxygen atoms in total. The average Bonchev–Trinajstić information content (AvgIpc) is 2.62. The second-order valence-corrected chi connectivity index (χ2v) is 6.82. The summed E-state index contributed by atoms with van der Waals surface area (Å²) in [6.45, 7) is 0. The Labute approximate surface area is 156 Å². The van der Waals surface area contributed by atoms with Crippen LogP contribution in [0.25, 0.3) is 11.1 Å². The van der Waals surface area contributed by atoms with Gasteiger partial charge in [0, 0.05) is 20.1 Å². The first-order chi connectivity index (χ1) is 11.6. The molecule has 3 rings (SSSR count). The van der Waals surface area contributed by atoms with Crippen LogP contribution in [0.4, 0.5) is 0 Å². The smallest absolute Gasteiger partial charge is 0.234 e. The number of hydrogen-bond donors (Lipinski definition) is 0. The topological polar surface area (TPSA) is 34.1 Å². The molecule has 0 aliphatic carbocycles. The molecule has 0 fully saturated rings. The van der Waals surface area contributed by atoms with Crippen molar-refractivity contribution in [2.45, 2.75) is 0 Å². The average molecular weight is 444 g/mol. The zero-order valence-electron chi connectivity index (χ0n) is 12.5. The molecule has 0 N–H and O–H groups in total. The van der Waals surface area contributed by atoms with Gasteiger partial charge in [-0.05, 0) is 45.3 Å². The minimum atomic E-state index is -0.536. The van der Waals surface area contributed by atoms with Crippen molar-refractivity contribution in [3.63, 3.8) is 0 Å². The Balaban J connectivity index is 2.03. The van der Waals surface area contributed by atoms with Crippen LogP contribution in [0.1, 0.15) is 20.7 Å². The van der Waals surface area contributed by atoms with E-state index >= 15 is 0 Å². The van der Waals surface area contributed by atoms with Gasteiger partial charge in [0.25, 0.3) is 0 Å². The van der Waals surface area contributed by atoms with Crippen molar-refractivity contribution in [3.8, 4) is 11.1 Å². The van der Waals surface area contributed by atoms with Gasteiger partial charge in [-0.25, -0.2) is 0 Å². The molecular weight excluding hydrogens is 432 g/mol. The molecule has 0 saturated carbocycles. The van der Waals surface area contributed by atoms with E-state index in [4.69, 9.17) is 0 Å². The second kappa shape index (κ2) is 7.24. The summed E-state index contributed by atoms with van der Waals surface area (Å²) in [4.78, 5) is 25.3. The second-order valence-electron chi connectivity index (χ2n) is 5.17. The summed E-state index contributed by atoms with van der Waals surface area (Å²) in [6.07, 6.45) is 0. The van der Waals surface area contributed by atoms with Gasteiger partial charge in [0.1, 0.15) is 0 Å². The lowest BCUT2D eigenvalue weighted by Crippen LogP contribution is -2.15. The molecule has 0 amide bonds. The molecule has 3 aromatic carbocycles. The third-order valence-electron chi connectivity index (χ3n) is 3.65. The van der Waals surface area contributed by atoms with Crippen LogP contribution in [0.15, 0.2) is 81.7 Å². The summed E-state index contributed by atoms with van der Waals surface area (Å²) in [7, 11) is 0. The molecule has 0 aliphatic rings. The molecule has 0 heterocycles. The molecule has 0 unspecified atom stereocenters. The zero-order chi connectivity index (χ0) is 17.1. The SMILES string of the molecule is O=C(C(=O)c1cccc(-c2ccccc2)c1Br)c1ccccc1Br. The minimum Gasteiger partial charge on any atom is -0.285 e. The van der Waals surface area contributed by atoms with Crippen molar-refractivity contribution in [2.75, 3.05) is 0 Å². The van der Waals surface area contributed by atoms with Gasteiger partial charge in [0.15, 0.2) is 0 Å². The molecule has 3 aromatic rings. The Kier molecular flexibility index (Phi) is 5.07. The first-order valence-electron chi connectivity index (χ1n) is 7.27. The van der Waals surface area contributed by atoms with Crippen molar-refractivity contribution in [1.29, 1.82) is 0 Å². The minimum absolute atomic E-state index is 0.358. The number of benzene rings is 3. The quantitative estimate of drug-likeness (QED) is 0.369. The maximum atomic E-state index is 12.7. The van der Waals surface area contributed by atoms with Gasteiger partial charge in [-0.1, -0.05) is 70.5 Å². The fraction of sp³-hybridized carbons (Fsp3) is 0. The largest absolute Gasteiger partial charge is 0.285 e. The first-order valence-corrected chi connectivity index (χ1v) is 8.85. The maximum Gasteiger partial charge on any atom is 0.234 e. The molecular formula is C20H12Br2O2. The van der Waals surface area contributed by atoms with Crippen LogP contribution in [0.2, 0.25) is 0 Å². The molecule has 0 aliphatic heterocycles. The number of carbonyl (C=O) groups is 2. The highest BCUT2D eigenvalue weighted by molar-refractivity contribution is 9.11. The molecule has 4 heteroatoms. The lowest BCUT2D eigenvalue weighted by molar-refractivity contribution is 0.0816. The third kappa shape index (κ3) is 3.25. The number of Topliss-reactive ketones (excluding diaryl/α,β-unsaturated/α-hetero) is 2. The number of carbonyl (C=O) groups excluding carboxylic acids is 2. The van der Waals surface area contributed by atoms with Crippen molar-refractivity contribution >= 4 is 43.4 Å². The lowest BCUT2D eigenvalue weighted by atomic mass is 9.97. The molecule has 0 spiro atoms. The summed E-state index contributed by atoms with van der Waals surface area (Å²) < 4.78 is 1.24. The fourth-order valence-corrected chi connectivity index (χ4v) is 3.58. The third-order valence-corrected chi connectivity index (χ3v) is 5.20.